The van der Waals surface area contributed by atoms with Crippen LogP contribution in [0.15, 0.2) is 35.9 Å². The quantitative estimate of drug-likeness (QED) is 0.783. The van der Waals surface area contributed by atoms with Crippen LogP contribution in [0.3, 0.4) is 0 Å². The lowest BCUT2D eigenvalue weighted by Crippen LogP contribution is -2.28. The maximum atomic E-state index is 11.0. The van der Waals surface area contributed by atoms with Gasteiger partial charge in [0.1, 0.15) is 5.94 Å². The number of hydrogen-bond acceptors (Lipinski definition) is 3. The van der Waals surface area contributed by atoms with Crippen molar-refractivity contribution in [1.29, 1.82) is 0 Å². The highest BCUT2D eigenvalue weighted by Crippen LogP contribution is 2.24. The zero-order valence-corrected chi connectivity index (χ0v) is 10.5. The second kappa shape index (κ2) is 6.15. The lowest BCUT2D eigenvalue weighted by molar-refractivity contribution is -0.145. The number of aliphatic carboxylic acids is 1. The minimum atomic E-state index is -1.25. The molecule has 1 rings (SSSR count). The zero-order chi connectivity index (χ0) is 13.6. The first-order valence-electron chi connectivity index (χ1n) is 5.58. The van der Waals surface area contributed by atoms with Crippen LogP contribution in [0.1, 0.15) is 19.4 Å². The first-order chi connectivity index (χ1) is 8.48. The molecule has 0 aromatic heterocycles. The van der Waals surface area contributed by atoms with Crippen molar-refractivity contribution in [3.8, 4) is 0 Å². The lowest BCUT2D eigenvalue weighted by atomic mass is 9.85. The van der Waals surface area contributed by atoms with E-state index in [0.717, 1.165) is 5.56 Å². The summed E-state index contributed by atoms with van der Waals surface area (Å²) in [5.74, 6) is 0.605. The highest BCUT2D eigenvalue weighted by molar-refractivity contribution is 5.81. The number of ether oxygens (including phenoxy) is 1. The van der Waals surface area contributed by atoms with Crippen molar-refractivity contribution in [2.75, 3.05) is 6.61 Å². The van der Waals surface area contributed by atoms with E-state index < -0.39 is 11.4 Å². The van der Waals surface area contributed by atoms with Gasteiger partial charge in [0.05, 0.1) is 24.2 Å². The molecule has 0 spiro atoms. The summed E-state index contributed by atoms with van der Waals surface area (Å²) in [5.41, 5.74) is -0.180. The van der Waals surface area contributed by atoms with Crippen molar-refractivity contribution in [3.63, 3.8) is 0 Å². The summed E-state index contributed by atoms with van der Waals surface area (Å²) in [7, 11) is 0. The molecule has 0 radical (unpaired) electrons. The number of hydrogen-bond donors (Lipinski definition) is 1. The molecule has 96 valence electrons. The van der Waals surface area contributed by atoms with Gasteiger partial charge in [-0.2, -0.15) is 0 Å². The van der Waals surface area contributed by atoms with Gasteiger partial charge in [-0.25, -0.2) is 4.79 Å². The van der Waals surface area contributed by atoms with Crippen LogP contribution in [-0.2, 0) is 20.9 Å². The molecule has 0 heterocycles. The average Bonchev–Trinajstić information content (AvgIpc) is 2.35. The summed E-state index contributed by atoms with van der Waals surface area (Å²) >= 11 is 0. The van der Waals surface area contributed by atoms with E-state index in [1.807, 2.05) is 30.3 Å². The Kier molecular flexibility index (Phi) is 4.84. The molecule has 0 saturated carbocycles. The van der Waals surface area contributed by atoms with Gasteiger partial charge >= 0.3 is 5.97 Å². The van der Waals surface area contributed by atoms with E-state index in [9.17, 15) is 9.59 Å². The second-order valence-corrected chi connectivity index (χ2v) is 4.49. The Labute approximate surface area is 106 Å². The fraction of sp³-hybridized carbons (Fsp3) is 0.357. The first-order valence-corrected chi connectivity index (χ1v) is 5.58. The SMILES string of the molecule is CC(C)(C(=O)O)C(=C=O)COCc1ccccc1. The molecule has 0 unspecified atom stereocenters. The van der Waals surface area contributed by atoms with Crippen LogP contribution in [-0.4, -0.2) is 23.6 Å². The Bertz CT molecular complexity index is 456. The minimum Gasteiger partial charge on any atom is -0.481 e. The van der Waals surface area contributed by atoms with E-state index >= 15 is 0 Å². The molecular weight excluding hydrogens is 232 g/mol. The predicted octanol–water partition coefficient (Wildman–Crippen LogP) is 2.07. The second-order valence-electron chi connectivity index (χ2n) is 4.49. The third-order valence-corrected chi connectivity index (χ3v) is 2.77. The van der Waals surface area contributed by atoms with E-state index in [4.69, 9.17) is 9.84 Å². The zero-order valence-electron chi connectivity index (χ0n) is 10.5. The lowest BCUT2D eigenvalue weighted by Gasteiger charge is -2.19. The summed E-state index contributed by atoms with van der Waals surface area (Å²) in [6.07, 6.45) is 0. The number of benzene rings is 1. The third kappa shape index (κ3) is 3.55. The fourth-order valence-corrected chi connectivity index (χ4v) is 1.31. The number of rotatable bonds is 6. The summed E-state index contributed by atoms with van der Waals surface area (Å²) in [6, 6.07) is 9.46. The molecule has 1 aromatic carbocycles. The van der Waals surface area contributed by atoms with Gasteiger partial charge in [0, 0.05) is 0 Å². The van der Waals surface area contributed by atoms with Gasteiger partial charge in [0.2, 0.25) is 0 Å². The summed E-state index contributed by atoms with van der Waals surface area (Å²) in [6.45, 7) is 3.22. The van der Waals surface area contributed by atoms with Crippen LogP contribution < -0.4 is 0 Å². The number of carboxylic acids is 1. The maximum absolute atomic E-state index is 11.0. The van der Waals surface area contributed by atoms with Gasteiger partial charge in [-0.15, -0.1) is 0 Å². The Morgan fingerprint density at radius 2 is 1.94 bits per heavy atom. The van der Waals surface area contributed by atoms with E-state index in [-0.39, 0.29) is 12.2 Å². The van der Waals surface area contributed by atoms with Crippen molar-refractivity contribution in [2.24, 2.45) is 5.41 Å². The highest BCUT2D eigenvalue weighted by Gasteiger charge is 2.33. The minimum absolute atomic E-state index is 0.0301. The van der Waals surface area contributed by atoms with Crippen LogP contribution in [0.5, 0.6) is 0 Å². The van der Waals surface area contributed by atoms with Crippen molar-refractivity contribution in [1.82, 2.24) is 0 Å². The Hall–Kier alpha value is -1.90. The summed E-state index contributed by atoms with van der Waals surface area (Å²) in [4.78, 5) is 21.8. The number of carbonyl (C=O) groups excluding carboxylic acids is 1. The molecule has 0 aliphatic rings. The molecule has 4 heteroatoms. The molecule has 0 aliphatic carbocycles. The van der Waals surface area contributed by atoms with Crippen molar-refractivity contribution >= 4 is 11.9 Å². The van der Waals surface area contributed by atoms with E-state index in [0.29, 0.717) is 6.61 Å². The standard InChI is InChI=1S/C14H16O4/c1-14(2,13(16)17)12(8-15)10-18-9-11-6-4-3-5-7-11/h3-7H,9-10H2,1-2H3,(H,16,17). The van der Waals surface area contributed by atoms with Crippen molar-refractivity contribution in [3.05, 3.63) is 41.5 Å². The average molecular weight is 248 g/mol. The molecule has 1 N–H and O–H groups in total. The highest BCUT2D eigenvalue weighted by atomic mass is 16.5. The van der Waals surface area contributed by atoms with Crippen molar-refractivity contribution < 1.29 is 19.4 Å². The Morgan fingerprint density at radius 1 is 1.33 bits per heavy atom. The molecule has 0 atom stereocenters. The molecular formula is C14H16O4. The number of carboxylic acid groups (broad SMARTS) is 1. The van der Waals surface area contributed by atoms with Crippen LogP contribution in [0, 0.1) is 5.41 Å². The van der Waals surface area contributed by atoms with Gasteiger partial charge in [0.25, 0.3) is 0 Å². The summed E-state index contributed by atoms with van der Waals surface area (Å²) < 4.78 is 5.35. The maximum Gasteiger partial charge on any atom is 0.314 e. The summed E-state index contributed by atoms with van der Waals surface area (Å²) in [5, 5.41) is 9.00. The molecule has 0 saturated heterocycles. The first kappa shape index (κ1) is 14.2. The third-order valence-electron chi connectivity index (χ3n) is 2.77. The van der Waals surface area contributed by atoms with E-state index in [1.54, 1.807) is 5.94 Å². The van der Waals surface area contributed by atoms with Crippen LogP contribution in [0.25, 0.3) is 0 Å². The topological polar surface area (TPSA) is 63.6 Å². The van der Waals surface area contributed by atoms with Gasteiger partial charge in [-0.1, -0.05) is 30.3 Å². The largest absolute Gasteiger partial charge is 0.481 e. The van der Waals surface area contributed by atoms with Gasteiger partial charge in [-0.05, 0) is 19.4 Å². The Balaban J connectivity index is 2.57. The van der Waals surface area contributed by atoms with Crippen LogP contribution in [0.4, 0.5) is 0 Å². The molecule has 4 nitrogen and oxygen atoms in total. The smallest absolute Gasteiger partial charge is 0.314 e. The van der Waals surface area contributed by atoms with Gasteiger partial charge in [0.15, 0.2) is 0 Å². The number of carbonyl (C=O) groups is 1. The van der Waals surface area contributed by atoms with E-state index in [1.165, 1.54) is 13.8 Å². The Morgan fingerprint density at radius 3 is 2.44 bits per heavy atom. The molecule has 18 heavy (non-hydrogen) atoms. The molecule has 1 aromatic rings. The van der Waals surface area contributed by atoms with Gasteiger partial charge in [-0.3, -0.25) is 4.79 Å². The normalized spacial score (nSPS) is 10.8. The van der Waals surface area contributed by atoms with Gasteiger partial charge < -0.3 is 9.84 Å². The van der Waals surface area contributed by atoms with Crippen LogP contribution >= 0.6 is 0 Å². The van der Waals surface area contributed by atoms with Crippen LogP contribution in [0.2, 0.25) is 0 Å². The van der Waals surface area contributed by atoms with Crippen molar-refractivity contribution in [2.45, 2.75) is 20.5 Å². The molecule has 0 aliphatic heterocycles. The predicted molar refractivity (Wildman–Crippen MR) is 66.7 cm³/mol. The molecule has 0 bridgehead atoms. The fourth-order valence-electron chi connectivity index (χ4n) is 1.31. The molecule has 0 fully saturated rings. The monoisotopic (exact) mass is 248 g/mol. The molecule has 0 amide bonds. The van der Waals surface area contributed by atoms with E-state index in [2.05, 4.69) is 0 Å².